The van der Waals surface area contributed by atoms with Crippen molar-refractivity contribution in [2.24, 2.45) is 0 Å². The van der Waals surface area contributed by atoms with Crippen molar-refractivity contribution in [2.45, 2.75) is 37.2 Å². The molecule has 0 amide bonds. The molecule has 0 bridgehead atoms. The summed E-state index contributed by atoms with van der Waals surface area (Å²) in [5, 5.41) is 28.4. The highest BCUT2D eigenvalue weighted by molar-refractivity contribution is 5.15. The molecule has 0 aromatic heterocycles. The van der Waals surface area contributed by atoms with Gasteiger partial charge in [0.25, 0.3) is 0 Å². The zero-order chi connectivity index (χ0) is 13.2. The van der Waals surface area contributed by atoms with Crippen LogP contribution >= 0.6 is 0 Å². The van der Waals surface area contributed by atoms with E-state index in [1.165, 1.54) is 0 Å². The second-order valence-corrected chi connectivity index (χ2v) is 4.30. The van der Waals surface area contributed by atoms with Crippen molar-refractivity contribution >= 4 is 0 Å². The molecule has 4 nitrogen and oxygen atoms in total. The molecular formula is C13H18O4. The first-order valence-corrected chi connectivity index (χ1v) is 5.73. The van der Waals surface area contributed by atoms with E-state index >= 15 is 0 Å². The van der Waals surface area contributed by atoms with Gasteiger partial charge in [-0.05, 0) is 12.0 Å². The molecule has 1 aliphatic rings. The van der Waals surface area contributed by atoms with Gasteiger partial charge in [-0.15, -0.1) is 0 Å². The first-order chi connectivity index (χ1) is 8.54. The van der Waals surface area contributed by atoms with E-state index in [0.29, 0.717) is 6.42 Å². The highest BCUT2D eigenvalue weighted by Crippen LogP contribution is 2.22. The maximum Gasteiger partial charge on any atom is 0.109 e. The Bertz CT molecular complexity index is 386. The summed E-state index contributed by atoms with van der Waals surface area (Å²) in [5.74, 6) is 0. The third-order valence-electron chi connectivity index (χ3n) is 2.95. The van der Waals surface area contributed by atoms with Gasteiger partial charge in [0.05, 0.1) is 20.2 Å². The van der Waals surface area contributed by atoms with Gasteiger partial charge in [0.1, 0.15) is 12.2 Å². The molecule has 1 heterocycles. The lowest BCUT2D eigenvalue weighted by atomic mass is 9.94. The number of aliphatic hydroxyl groups excluding tert-OH is 3. The van der Waals surface area contributed by atoms with E-state index in [9.17, 15) is 10.2 Å². The molecule has 0 saturated carbocycles. The molecular weight excluding hydrogens is 220 g/mol. The SMILES string of the molecule is [2H]C1(Cc2ccccc2)C[C@@H](O)[C@H](O)[C@@H](CO)O1. The van der Waals surface area contributed by atoms with E-state index in [1.807, 2.05) is 30.3 Å². The van der Waals surface area contributed by atoms with Gasteiger partial charge in [-0.1, -0.05) is 30.3 Å². The van der Waals surface area contributed by atoms with Crippen LogP contribution in [0.25, 0.3) is 0 Å². The van der Waals surface area contributed by atoms with E-state index in [0.717, 1.165) is 5.56 Å². The zero-order valence-electron chi connectivity index (χ0n) is 10.5. The van der Waals surface area contributed by atoms with Crippen LogP contribution in [0.1, 0.15) is 13.4 Å². The summed E-state index contributed by atoms with van der Waals surface area (Å²) < 4.78 is 13.6. The van der Waals surface area contributed by atoms with E-state index in [4.69, 9.17) is 11.2 Å². The van der Waals surface area contributed by atoms with Crippen molar-refractivity contribution in [3.05, 3.63) is 35.9 Å². The van der Waals surface area contributed by atoms with E-state index in [2.05, 4.69) is 0 Å². The minimum atomic E-state index is -1.31. The van der Waals surface area contributed by atoms with Gasteiger partial charge < -0.3 is 20.1 Å². The molecule has 1 aromatic carbocycles. The number of hydrogen-bond donors (Lipinski definition) is 3. The fourth-order valence-electron chi connectivity index (χ4n) is 2.02. The minimum absolute atomic E-state index is 0.0273. The van der Waals surface area contributed by atoms with Crippen molar-refractivity contribution in [1.29, 1.82) is 0 Å². The number of hydrogen-bond acceptors (Lipinski definition) is 4. The fraction of sp³-hybridized carbons (Fsp3) is 0.538. The predicted octanol–water partition coefficient (Wildman–Crippen LogP) is 0.101. The van der Waals surface area contributed by atoms with Crippen molar-refractivity contribution in [2.75, 3.05) is 6.61 Å². The van der Waals surface area contributed by atoms with Crippen molar-refractivity contribution < 1.29 is 21.4 Å². The summed E-state index contributed by atoms with van der Waals surface area (Å²) in [5.41, 5.74) is 0.924. The standard InChI is InChI=1S/C13H18O4/c14-8-12-13(16)11(15)7-10(17-12)6-9-4-2-1-3-5-9/h1-5,10-16H,6-8H2/t10?,11-,12-,13+/m1/s1/i10D. The summed E-state index contributed by atoms with van der Waals surface area (Å²) in [6.07, 6.45) is -4.06. The lowest BCUT2D eigenvalue weighted by molar-refractivity contribution is -0.178. The molecule has 1 saturated heterocycles. The summed E-state index contributed by atoms with van der Waals surface area (Å²) >= 11 is 0. The van der Waals surface area contributed by atoms with Crippen LogP contribution in [0, 0.1) is 0 Å². The summed E-state index contributed by atoms with van der Waals surface area (Å²) in [4.78, 5) is 0. The largest absolute Gasteiger partial charge is 0.394 e. The maximum atomic E-state index is 9.73. The highest BCUT2D eigenvalue weighted by Gasteiger charge is 2.36. The number of rotatable bonds is 3. The normalized spacial score (nSPS) is 38.8. The van der Waals surface area contributed by atoms with Gasteiger partial charge in [-0.3, -0.25) is 0 Å². The van der Waals surface area contributed by atoms with Crippen LogP contribution in [-0.2, 0) is 11.2 Å². The molecule has 94 valence electrons. The molecule has 3 N–H and O–H groups in total. The molecule has 0 spiro atoms. The Morgan fingerprint density at radius 3 is 2.65 bits per heavy atom. The van der Waals surface area contributed by atoms with Gasteiger partial charge in [-0.2, -0.15) is 0 Å². The third-order valence-corrected chi connectivity index (χ3v) is 2.95. The number of benzene rings is 1. The van der Waals surface area contributed by atoms with Crippen LogP contribution < -0.4 is 0 Å². The quantitative estimate of drug-likeness (QED) is 0.699. The van der Waals surface area contributed by atoms with Crippen LogP contribution in [0.15, 0.2) is 30.3 Å². The maximum absolute atomic E-state index is 9.73. The first-order valence-electron chi connectivity index (χ1n) is 6.23. The lowest BCUT2D eigenvalue weighted by Crippen LogP contribution is -2.50. The van der Waals surface area contributed by atoms with E-state index < -0.39 is 31.0 Å². The summed E-state index contributed by atoms with van der Waals surface area (Å²) in [6, 6.07) is 9.39. The summed E-state index contributed by atoms with van der Waals surface area (Å²) in [7, 11) is 0. The van der Waals surface area contributed by atoms with Crippen LogP contribution in [0.4, 0.5) is 0 Å². The molecule has 1 aliphatic heterocycles. The molecule has 17 heavy (non-hydrogen) atoms. The van der Waals surface area contributed by atoms with Gasteiger partial charge in [-0.25, -0.2) is 0 Å². The van der Waals surface area contributed by atoms with Gasteiger partial charge in [0, 0.05) is 6.42 Å². The molecule has 1 unspecified atom stereocenters. The van der Waals surface area contributed by atoms with Crippen molar-refractivity contribution in [3.8, 4) is 0 Å². The second kappa shape index (κ2) is 5.60. The lowest BCUT2D eigenvalue weighted by Gasteiger charge is -2.36. The molecule has 0 aliphatic carbocycles. The number of aliphatic hydroxyl groups is 3. The fourth-order valence-corrected chi connectivity index (χ4v) is 2.02. The van der Waals surface area contributed by atoms with Crippen molar-refractivity contribution in [3.63, 3.8) is 0 Å². The average molecular weight is 239 g/mol. The van der Waals surface area contributed by atoms with Gasteiger partial charge in [0.2, 0.25) is 0 Å². The van der Waals surface area contributed by atoms with E-state index in [1.54, 1.807) is 0 Å². The van der Waals surface area contributed by atoms with Gasteiger partial charge in [0.15, 0.2) is 0 Å². The zero-order valence-corrected chi connectivity index (χ0v) is 9.49. The first kappa shape index (κ1) is 11.2. The Morgan fingerprint density at radius 1 is 1.29 bits per heavy atom. The van der Waals surface area contributed by atoms with Crippen molar-refractivity contribution in [1.82, 2.24) is 0 Å². The predicted molar refractivity (Wildman–Crippen MR) is 62.5 cm³/mol. The number of ether oxygens (including phenoxy) is 1. The summed E-state index contributed by atoms with van der Waals surface area (Å²) in [6.45, 7) is -0.409. The molecule has 0 radical (unpaired) electrons. The smallest absolute Gasteiger partial charge is 0.109 e. The average Bonchev–Trinajstić information content (AvgIpc) is 2.35. The van der Waals surface area contributed by atoms with Crippen LogP contribution in [0.2, 0.25) is 0 Å². The Morgan fingerprint density at radius 2 is 2.00 bits per heavy atom. The second-order valence-electron chi connectivity index (χ2n) is 4.30. The van der Waals surface area contributed by atoms with Crippen LogP contribution in [-0.4, -0.2) is 46.3 Å². The van der Waals surface area contributed by atoms with Gasteiger partial charge >= 0.3 is 0 Å². The molecule has 2 rings (SSSR count). The molecule has 4 heteroatoms. The molecule has 4 atom stereocenters. The monoisotopic (exact) mass is 239 g/mol. The van der Waals surface area contributed by atoms with Crippen LogP contribution in [0.5, 0.6) is 0 Å². The van der Waals surface area contributed by atoms with E-state index in [-0.39, 0.29) is 6.42 Å². The molecule has 1 fully saturated rings. The van der Waals surface area contributed by atoms with Crippen LogP contribution in [0.3, 0.4) is 0 Å². The Kier molecular flexibility index (Phi) is 3.68. The third kappa shape index (κ3) is 3.04. The topological polar surface area (TPSA) is 69.9 Å². The Labute approximate surface area is 102 Å². The highest BCUT2D eigenvalue weighted by atomic mass is 16.5. The Hall–Kier alpha value is -0.940. The Balaban J connectivity index is 2.11. The molecule has 1 aromatic rings. The minimum Gasteiger partial charge on any atom is -0.394 e.